The lowest BCUT2D eigenvalue weighted by molar-refractivity contribution is 0.886. The van der Waals surface area contributed by atoms with Crippen LogP contribution in [0.3, 0.4) is 0 Å². The number of rotatable bonds is 2. The van der Waals surface area contributed by atoms with E-state index in [9.17, 15) is 0 Å². The highest BCUT2D eigenvalue weighted by Crippen LogP contribution is 2.61. The molecule has 5 rings (SSSR count). The van der Waals surface area contributed by atoms with Gasteiger partial charge < -0.3 is 0 Å². The Balaban J connectivity index is 1.88. The second-order valence-electron chi connectivity index (χ2n) is 5.83. The molecule has 8 heteroatoms. The van der Waals surface area contributed by atoms with Crippen molar-refractivity contribution in [3.05, 3.63) is 83.3 Å². The van der Waals surface area contributed by atoms with E-state index in [1.807, 2.05) is 0 Å². The van der Waals surface area contributed by atoms with Crippen LogP contribution in [0, 0.1) is 0 Å². The molecule has 4 heterocycles. The van der Waals surface area contributed by atoms with Crippen molar-refractivity contribution in [2.45, 2.75) is 11.8 Å². The van der Waals surface area contributed by atoms with Gasteiger partial charge in [0, 0.05) is 30.6 Å². The molecule has 0 nitrogen and oxygen atoms in total. The summed E-state index contributed by atoms with van der Waals surface area (Å²) in [6.07, 6.45) is 0. The fourth-order valence-corrected chi connectivity index (χ4v) is 9.75. The number of hydrogen-bond acceptors (Lipinski definition) is 4. The van der Waals surface area contributed by atoms with Gasteiger partial charge in [0.2, 0.25) is 0 Å². The highest BCUT2D eigenvalue weighted by Gasteiger charge is 2.42. The predicted octanol–water partition coefficient (Wildman–Crippen LogP) is 9.44. The monoisotopic (exact) mass is 580 g/mol. The summed E-state index contributed by atoms with van der Waals surface area (Å²) in [7, 11) is 0. The van der Waals surface area contributed by atoms with Crippen LogP contribution in [0.4, 0.5) is 0 Å². The van der Waals surface area contributed by atoms with Gasteiger partial charge in [0.25, 0.3) is 0 Å². The summed E-state index contributed by atoms with van der Waals surface area (Å²) in [5, 5.41) is 5.91. The molecule has 0 radical (unpaired) electrons. The molecule has 132 valence electrons. The van der Waals surface area contributed by atoms with Gasteiger partial charge in [-0.2, -0.15) is 0 Å². The van der Waals surface area contributed by atoms with Crippen molar-refractivity contribution in [1.82, 2.24) is 0 Å². The molecule has 0 saturated carbocycles. The van der Waals surface area contributed by atoms with Crippen LogP contribution in [-0.2, 0) is 0 Å². The van der Waals surface area contributed by atoms with Gasteiger partial charge in [-0.05, 0) is 54.8 Å². The van der Waals surface area contributed by atoms with Crippen LogP contribution in [0.5, 0.6) is 0 Å². The van der Waals surface area contributed by atoms with Crippen LogP contribution < -0.4 is 0 Å². The van der Waals surface area contributed by atoms with Gasteiger partial charge >= 0.3 is 0 Å². The molecule has 2 unspecified atom stereocenters. The van der Waals surface area contributed by atoms with E-state index in [4.69, 9.17) is 23.2 Å². The van der Waals surface area contributed by atoms with Gasteiger partial charge in [0.05, 0.1) is 29.5 Å². The minimum absolute atomic E-state index is 0.139. The molecular weight excluding hydrogens is 575 g/mol. The average molecular weight is 583 g/mol. The van der Waals surface area contributed by atoms with Gasteiger partial charge in [0.15, 0.2) is 0 Å². The number of thiophene rings is 4. The van der Waals surface area contributed by atoms with E-state index in [0.717, 1.165) is 17.6 Å². The first-order valence-corrected chi connectivity index (χ1v) is 13.3. The summed E-state index contributed by atoms with van der Waals surface area (Å²) in [6, 6.07) is 8.59. The summed E-state index contributed by atoms with van der Waals surface area (Å²) >= 11 is 28.0. The average Bonchev–Trinajstić information content (AvgIpc) is 3.39. The van der Waals surface area contributed by atoms with Crippen molar-refractivity contribution in [3.63, 3.8) is 0 Å². The molecule has 2 atom stereocenters. The minimum Gasteiger partial charge on any atom is -0.148 e. The number of halogens is 4. The molecule has 0 fully saturated rings. The van der Waals surface area contributed by atoms with Gasteiger partial charge in [-0.3, -0.25) is 0 Å². The Morgan fingerprint density at radius 3 is 1.50 bits per heavy atom. The van der Waals surface area contributed by atoms with Crippen molar-refractivity contribution in [2.24, 2.45) is 0 Å². The maximum Gasteiger partial charge on any atom is 0.0891 e. The maximum absolute atomic E-state index is 6.81. The first kappa shape index (κ1) is 18.4. The molecule has 0 saturated heterocycles. The molecule has 0 aromatic carbocycles. The summed E-state index contributed by atoms with van der Waals surface area (Å²) in [6.45, 7) is 0. The summed E-state index contributed by atoms with van der Waals surface area (Å²) in [5.74, 6) is 0.278. The lowest BCUT2D eigenvalue weighted by atomic mass is 9.80. The van der Waals surface area contributed by atoms with Gasteiger partial charge in [-0.25, -0.2) is 0 Å². The molecular formula is C18H8Br2Cl2S4. The van der Waals surface area contributed by atoms with E-state index in [0.29, 0.717) is 0 Å². The Morgan fingerprint density at radius 2 is 1.15 bits per heavy atom. The van der Waals surface area contributed by atoms with E-state index in [2.05, 4.69) is 66.9 Å². The lowest BCUT2D eigenvalue weighted by Gasteiger charge is -2.29. The van der Waals surface area contributed by atoms with Crippen LogP contribution in [0.15, 0.2) is 42.6 Å². The van der Waals surface area contributed by atoms with Gasteiger partial charge in [-0.1, -0.05) is 35.3 Å². The largest absolute Gasteiger partial charge is 0.148 e. The van der Waals surface area contributed by atoms with E-state index < -0.39 is 0 Å². The maximum atomic E-state index is 6.81. The van der Waals surface area contributed by atoms with E-state index in [-0.39, 0.29) is 11.8 Å². The molecule has 0 aliphatic heterocycles. The van der Waals surface area contributed by atoms with Crippen molar-refractivity contribution >= 4 is 100 Å². The van der Waals surface area contributed by atoms with Crippen LogP contribution in [0.25, 0.3) is 0 Å². The summed E-state index contributed by atoms with van der Waals surface area (Å²) < 4.78 is 2.00. The van der Waals surface area contributed by atoms with E-state index in [1.54, 1.807) is 45.3 Å². The topological polar surface area (TPSA) is 0 Å². The first-order valence-electron chi connectivity index (χ1n) is 7.59. The van der Waals surface area contributed by atoms with Crippen LogP contribution in [0.2, 0.25) is 10.0 Å². The third-order valence-electron chi connectivity index (χ3n) is 4.51. The highest BCUT2D eigenvalue weighted by molar-refractivity contribution is 9.11. The molecule has 1 aliphatic rings. The van der Waals surface area contributed by atoms with Crippen LogP contribution in [0.1, 0.15) is 42.5 Å². The zero-order valence-electron chi connectivity index (χ0n) is 12.8. The minimum atomic E-state index is 0.139. The fraction of sp³-hybridized carbons (Fsp3) is 0.111. The zero-order valence-corrected chi connectivity index (χ0v) is 20.7. The Morgan fingerprint density at radius 1 is 0.731 bits per heavy atom. The Bertz CT molecular complexity index is 1000. The molecule has 0 bridgehead atoms. The van der Waals surface area contributed by atoms with Gasteiger partial charge in [0.1, 0.15) is 0 Å². The SMILES string of the molecule is Clc1c(Br)sc2c1C(c1cccs1)c1sc(Br)c(Cl)c1C2c1cccs1. The molecule has 26 heavy (non-hydrogen) atoms. The molecule has 4 aromatic heterocycles. The van der Waals surface area contributed by atoms with Crippen molar-refractivity contribution in [3.8, 4) is 0 Å². The third-order valence-corrected chi connectivity index (χ3v) is 11.7. The fourth-order valence-electron chi connectivity index (χ4n) is 3.50. The lowest BCUT2D eigenvalue weighted by Crippen LogP contribution is -2.15. The van der Waals surface area contributed by atoms with E-state index in [1.165, 1.54) is 30.6 Å². The van der Waals surface area contributed by atoms with Crippen LogP contribution in [-0.4, -0.2) is 0 Å². The Labute approximate surface area is 193 Å². The number of hydrogen-bond donors (Lipinski definition) is 0. The van der Waals surface area contributed by atoms with Crippen molar-refractivity contribution in [2.75, 3.05) is 0 Å². The molecule has 0 spiro atoms. The number of fused-ring (bicyclic) bond motifs is 2. The molecule has 0 N–H and O–H groups in total. The highest BCUT2D eigenvalue weighted by atomic mass is 79.9. The quantitative estimate of drug-likeness (QED) is 0.194. The zero-order chi connectivity index (χ0) is 18.0. The Kier molecular flexibility index (Phi) is 4.94. The predicted molar refractivity (Wildman–Crippen MR) is 125 cm³/mol. The summed E-state index contributed by atoms with van der Waals surface area (Å²) in [5.41, 5.74) is 2.45. The Hall–Kier alpha value is 0.340. The third kappa shape index (κ3) is 2.68. The normalized spacial score (nSPS) is 18.8. The summed E-state index contributed by atoms with van der Waals surface area (Å²) in [4.78, 5) is 5.19. The smallest absolute Gasteiger partial charge is 0.0891 e. The molecule has 1 aliphatic carbocycles. The van der Waals surface area contributed by atoms with Crippen molar-refractivity contribution in [1.29, 1.82) is 0 Å². The first-order chi connectivity index (χ1) is 12.6. The van der Waals surface area contributed by atoms with Crippen LogP contribution >= 0.6 is 100 Å². The standard InChI is InChI=1S/C18H8Br2Cl2S4/c19-17-13(21)11-9(7-3-1-5-23-7)15-12(14(22)18(20)25-15)10(16(11)26-17)8-4-2-6-24-8/h1-6,9-10H. The van der Waals surface area contributed by atoms with E-state index >= 15 is 0 Å². The second kappa shape index (κ2) is 6.99. The van der Waals surface area contributed by atoms with Crippen molar-refractivity contribution < 1.29 is 0 Å². The van der Waals surface area contributed by atoms with Gasteiger partial charge in [-0.15, -0.1) is 45.3 Å². The molecule has 0 amide bonds. The second-order valence-corrected chi connectivity index (χ2v) is 13.3. The molecule has 4 aromatic rings.